The van der Waals surface area contributed by atoms with Gasteiger partial charge in [-0.2, -0.15) is 13.2 Å². The van der Waals surface area contributed by atoms with E-state index < -0.39 is 17.2 Å². The summed E-state index contributed by atoms with van der Waals surface area (Å²) in [5, 5.41) is 0. The van der Waals surface area contributed by atoms with Crippen molar-refractivity contribution in [3.8, 4) is 0 Å². The van der Waals surface area contributed by atoms with Gasteiger partial charge in [-0.15, -0.1) is 0 Å². The first-order valence-electron chi connectivity index (χ1n) is 9.88. The first-order chi connectivity index (χ1) is 14.4. The Bertz CT molecular complexity index is 1080. The van der Waals surface area contributed by atoms with Gasteiger partial charge in [0.1, 0.15) is 0 Å². The minimum atomic E-state index is -4.45. The lowest BCUT2D eigenvalue weighted by Gasteiger charge is -2.28. The van der Waals surface area contributed by atoms with Crippen LogP contribution in [0.1, 0.15) is 39.0 Å². The van der Waals surface area contributed by atoms with E-state index in [1.165, 1.54) is 12.1 Å². The lowest BCUT2D eigenvalue weighted by molar-refractivity contribution is -0.138. The van der Waals surface area contributed by atoms with Gasteiger partial charge in [-0.3, -0.25) is 4.79 Å². The minimum absolute atomic E-state index is 0.0509. The van der Waals surface area contributed by atoms with Crippen molar-refractivity contribution in [2.24, 2.45) is 5.41 Å². The quantitative estimate of drug-likeness (QED) is 0.457. The van der Waals surface area contributed by atoms with E-state index in [-0.39, 0.29) is 17.8 Å². The summed E-state index contributed by atoms with van der Waals surface area (Å²) < 4.78 is 40.7. The van der Waals surface area contributed by atoms with Crippen LogP contribution in [0.2, 0.25) is 0 Å². The zero-order valence-electron chi connectivity index (χ0n) is 16.3. The zero-order chi connectivity index (χ0) is 21.2. The molecule has 0 unspecified atom stereocenters. The molecule has 0 heterocycles. The standard InChI is InChI=1S/C26H21F3O/c27-26(28,29)23-15-7-5-13-21(23)18-25(16-8-11-19-9-2-1-3-10-19)17-20-12-4-6-14-22(20)24(25)30/h1-15H,16-18H2/b11-8+/t25-/m1/s1. The van der Waals surface area contributed by atoms with Gasteiger partial charge >= 0.3 is 6.18 Å². The summed E-state index contributed by atoms with van der Waals surface area (Å²) in [6.45, 7) is 0. The topological polar surface area (TPSA) is 17.1 Å². The third-order valence-corrected chi connectivity index (χ3v) is 5.74. The number of alkyl halides is 3. The van der Waals surface area contributed by atoms with E-state index in [9.17, 15) is 18.0 Å². The third-order valence-electron chi connectivity index (χ3n) is 5.74. The molecule has 0 N–H and O–H groups in total. The fourth-order valence-electron chi connectivity index (χ4n) is 4.31. The van der Waals surface area contributed by atoms with Crippen LogP contribution in [-0.2, 0) is 19.0 Å². The summed E-state index contributed by atoms with van der Waals surface area (Å²) in [5.74, 6) is -0.0761. The van der Waals surface area contributed by atoms with Crippen LogP contribution < -0.4 is 0 Å². The summed E-state index contributed by atoms with van der Waals surface area (Å²) in [4.78, 5) is 13.4. The number of hydrogen-bond donors (Lipinski definition) is 0. The van der Waals surface area contributed by atoms with E-state index in [4.69, 9.17) is 0 Å². The van der Waals surface area contributed by atoms with Gasteiger partial charge in [0.2, 0.25) is 0 Å². The highest BCUT2D eigenvalue weighted by Crippen LogP contribution is 2.44. The maximum Gasteiger partial charge on any atom is 0.416 e. The van der Waals surface area contributed by atoms with Crippen molar-refractivity contribution >= 4 is 11.9 Å². The molecular formula is C26H21F3O. The Labute approximate surface area is 173 Å². The number of benzene rings is 3. The number of allylic oxidation sites excluding steroid dienone is 1. The Morgan fingerprint density at radius 1 is 0.867 bits per heavy atom. The Kier molecular flexibility index (Phi) is 5.33. The summed E-state index contributed by atoms with van der Waals surface area (Å²) in [5.41, 5.74) is 1.09. The van der Waals surface area contributed by atoms with E-state index in [0.29, 0.717) is 18.4 Å². The van der Waals surface area contributed by atoms with Crippen LogP contribution in [0.4, 0.5) is 13.2 Å². The summed E-state index contributed by atoms with van der Waals surface area (Å²) in [7, 11) is 0. The van der Waals surface area contributed by atoms with Crippen LogP contribution in [-0.4, -0.2) is 5.78 Å². The van der Waals surface area contributed by atoms with Crippen molar-refractivity contribution in [1.82, 2.24) is 0 Å². The number of halogens is 3. The molecule has 3 aromatic carbocycles. The monoisotopic (exact) mass is 406 g/mol. The summed E-state index contributed by atoms with van der Waals surface area (Å²) in [6.07, 6.45) is 0.249. The van der Waals surface area contributed by atoms with Gasteiger partial charge in [0, 0.05) is 11.0 Å². The molecule has 1 aliphatic rings. The number of fused-ring (bicyclic) bond motifs is 1. The normalized spacial score (nSPS) is 18.7. The molecule has 0 aliphatic heterocycles. The molecule has 0 amide bonds. The van der Waals surface area contributed by atoms with Gasteiger partial charge in [-0.05, 0) is 42.0 Å². The molecular weight excluding hydrogens is 385 g/mol. The number of Topliss-reactive ketones (excluding diaryl/α,β-unsaturated/α-hetero) is 1. The largest absolute Gasteiger partial charge is 0.416 e. The van der Waals surface area contributed by atoms with Crippen LogP contribution in [0, 0.1) is 5.41 Å². The van der Waals surface area contributed by atoms with Crippen molar-refractivity contribution in [2.45, 2.75) is 25.4 Å². The van der Waals surface area contributed by atoms with Crippen LogP contribution in [0.5, 0.6) is 0 Å². The molecule has 0 radical (unpaired) electrons. The molecule has 0 fully saturated rings. The molecule has 0 bridgehead atoms. The van der Waals surface area contributed by atoms with Gasteiger partial charge in [-0.25, -0.2) is 0 Å². The summed E-state index contributed by atoms with van der Waals surface area (Å²) in [6, 6.07) is 22.6. The van der Waals surface area contributed by atoms with E-state index in [1.807, 2.05) is 54.6 Å². The fraction of sp³-hybridized carbons (Fsp3) is 0.192. The Morgan fingerprint density at radius 3 is 2.27 bits per heavy atom. The van der Waals surface area contributed by atoms with Crippen molar-refractivity contribution in [3.05, 3.63) is 113 Å². The van der Waals surface area contributed by atoms with E-state index in [2.05, 4.69) is 0 Å². The van der Waals surface area contributed by atoms with Gasteiger partial charge in [0.15, 0.2) is 5.78 Å². The van der Waals surface area contributed by atoms with E-state index >= 15 is 0 Å². The number of rotatable bonds is 5. The number of carbonyl (C=O) groups is 1. The van der Waals surface area contributed by atoms with Gasteiger partial charge < -0.3 is 0 Å². The maximum absolute atomic E-state index is 13.6. The van der Waals surface area contributed by atoms with Crippen molar-refractivity contribution in [3.63, 3.8) is 0 Å². The average molecular weight is 406 g/mol. The molecule has 4 heteroatoms. The van der Waals surface area contributed by atoms with Crippen LogP contribution in [0.3, 0.4) is 0 Å². The predicted molar refractivity (Wildman–Crippen MR) is 112 cm³/mol. The highest BCUT2D eigenvalue weighted by Gasteiger charge is 2.46. The Morgan fingerprint density at radius 2 is 1.53 bits per heavy atom. The predicted octanol–water partition coefficient (Wildman–Crippen LogP) is 6.78. The lowest BCUT2D eigenvalue weighted by Crippen LogP contribution is -2.31. The first-order valence-corrected chi connectivity index (χ1v) is 9.88. The number of hydrogen-bond acceptors (Lipinski definition) is 1. The molecule has 0 saturated carbocycles. The molecule has 1 nitrogen and oxygen atoms in total. The molecule has 1 aliphatic carbocycles. The first kappa shape index (κ1) is 20.1. The molecule has 4 rings (SSSR count). The third kappa shape index (κ3) is 3.95. The molecule has 0 saturated heterocycles. The van der Waals surface area contributed by atoms with Crippen molar-refractivity contribution in [1.29, 1.82) is 0 Å². The molecule has 1 atom stereocenters. The van der Waals surface area contributed by atoms with Gasteiger partial charge in [0.25, 0.3) is 0 Å². The second-order valence-corrected chi connectivity index (χ2v) is 7.79. The second kappa shape index (κ2) is 7.94. The smallest absolute Gasteiger partial charge is 0.294 e. The highest BCUT2D eigenvalue weighted by atomic mass is 19.4. The maximum atomic E-state index is 13.6. The van der Waals surface area contributed by atoms with Crippen LogP contribution >= 0.6 is 0 Å². The molecule has 0 aromatic heterocycles. The number of carbonyl (C=O) groups excluding carboxylic acids is 1. The second-order valence-electron chi connectivity index (χ2n) is 7.79. The Hall–Kier alpha value is -3.14. The minimum Gasteiger partial charge on any atom is -0.294 e. The fourth-order valence-corrected chi connectivity index (χ4v) is 4.31. The zero-order valence-corrected chi connectivity index (χ0v) is 16.3. The molecule has 30 heavy (non-hydrogen) atoms. The average Bonchev–Trinajstić information content (AvgIpc) is 3.00. The summed E-state index contributed by atoms with van der Waals surface area (Å²) >= 11 is 0. The molecule has 0 spiro atoms. The van der Waals surface area contributed by atoms with Crippen LogP contribution in [0.25, 0.3) is 6.08 Å². The van der Waals surface area contributed by atoms with Gasteiger partial charge in [0.05, 0.1) is 5.56 Å². The van der Waals surface area contributed by atoms with E-state index in [0.717, 1.165) is 17.2 Å². The van der Waals surface area contributed by atoms with Crippen molar-refractivity contribution < 1.29 is 18.0 Å². The lowest BCUT2D eigenvalue weighted by atomic mass is 9.74. The van der Waals surface area contributed by atoms with Crippen LogP contribution in [0.15, 0.2) is 84.9 Å². The Balaban J connectivity index is 1.71. The van der Waals surface area contributed by atoms with E-state index in [1.54, 1.807) is 18.2 Å². The molecule has 152 valence electrons. The van der Waals surface area contributed by atoms with Crippen molar-refractivity contribution in [2.75, 3.05) is 0 Å². The highest BCUT2D eigenvalue weighted by molar-refractivity contribution is 6.05. The number of ketones is 1. The SMILES string of the molecule is O=C1c2ccccc2C[C@]1(C/C=C/c1ccccc1)Cc1ccccc1C(F)(F)F. The van der Waals surface area contributed by atoms with Gasteiger partial charge in [-0.1, -0.05) is 84.9 Å². The molecule has 3 aromatic rings.